The number of quaternary nitrogens is 1. The van der Waals surface area contributed by atoms with Crippen molar-refractivity contribution in [2.24, 2.45) is 0 Å². The van der Waals surface area contributed by atoms with Crippen LogP contribution in [0.25, 0.3) is 10.9 Å². The Morgan fingerprint density at radius 1 is 1.23 bits per heavy atom. The number of nitrogens with one attached hydrogen (secondary N) is 2. The van der Waals surface area contributed by atoms with Crippen LogP contribution < -0.4 is 10.2 Å². The minimum atomic E-state index is -0.400. The van der Waals surface area contributed by atoms with Crippen LogP contribution in [0.2, 0.25) is 0 Å². The molecule has 2 rings (SSSR count). The second-order valence-corrected chi connectivity index (χ2v) is 7.68. The number of benzene rings is 1. The molecule has 2 N–H and O–H groups in total. The number of carbonyl (C=O) groups is 2. The lowest BCUT2D eigenvalue weighted by Gasteiger charge is -2.22. The zero-order valence-electron chi connectivity index (χ0n) is 16.4. The number of methoxy groups -OCH3 is 1. The lowest BCUT2D eigenvalue weighted by Crippen LogP contribution is -3.09. The lowest BCUT2D eigenvalue weighted by atomic mass is 10.0. The largest absolute Gasteiger partial charge is 0.465 e. The highest BCUT2D eigenvalue weighted by molar-refractivity contribution is 5.98. The van der Waals surface area contributed by atoms with Crippen LogP contribution in [0.5, 0.6) is 0 Å². The SMILES string of the molecule is COC(=O)c1c(C[NH+](C)CC(=O)NC(C)(C)C)nc2ccccc2c1C. The summed E-state index contributed by atoms with van der Waals surface area (Å²) in [4.78, 5) is 30.1. The predicted octanol–water partition coefficient (Wildman–Crippen LogP) is 1.26. The quantitative estimate of drug-likeness (QED) is 0.790. The first-order chi connectivity index (χ1) is 12.1. The van der Waals surface area contributed by atoms with Crippen molar-refractivity contribution in [1.29, 1.82) is 0 Å². The van der Waals surface area contributed by atoms with E-state index >= 15 is 0 Å². The van der Waals surface area contributed by atoms with Crippen molar-refractivity contribution in [2.45, 2.75) is 39.8 Å². The molecule has 1 amide bonds. The third-order valence-electron chi connectivity index (χ3n) is 4.06. The predicted molar refractivity (Wildman–Crippen MR) is 101 cm³/mol. The molecule has 26 heavy (non-hydrogen) atoms. The minimum Gasteiger partial charge on any atom is -0.465 e. The molecule has 0 fully saturated rings. The van der Waals surface area contributed by atoms with Crippen molar-refractivity contribution < 1.29 is 19.2 Å². The smallest absolute Gasteiger partial charge is 0.340 e. The number of likely N-dealkylation sites (N-methyl/N-ethyl adjacent to an activating group) is 1. The number of aryl methyl sites for hydroxylation is 1. The Hall–Kier alpha value is -2.47. The van der Waals surface area contributed by atoms with Gasteiger partial charge in [-0.3, -0.25) is 4.79 Å². The number of hydrogen-bond donors (Lipinski definition) is 2. The maximum atomic E-state index is 12.3. The van der Waals surface area contributed by atoms with Gasteiger partial charge in [0.25, 0.3) is 5.91 Å². The lowest BCUT2D eigenvalue weighted by molar-refractivity contribution is -0.885. The molecular formula is C20H28N3O3+. The first-order valence-electron chi connectivity index (χ1n) is 8.71. The van der Waals surface area contributed by atoms with Crippen molar-refractivity contribution in [3.63, 3.8) is 0 Å². The number of pyridine rings is 1. The maximum Gasteiger partial charge on any atom is 0.340 e. The number of para-hydroxylation sites is 1. The number of amides is 1. The van der Waals surface area contributed by atoms with Gasteiger partial charge in [-0.2, -0.15) is 0 Å². The fourth-order valence-corrected chi connectivity index (χ4v) is 3.03. The molecule has 1 atom stereocenters. The van der Waals surface area contributed by atoms with Crippen molar-refractivity contribution in [3.8, 4) is 0 Å². The Kier molecular flexibility index (Phi) is 5.97. The van der Waals surface area contributed by atoms with Gasteiger partial charge in [-0.05, 0) is 39.3 Å². The molecule has 0 aliphatic carbocycles. The van der Waals surface area contributed by atoms with Crippen molar-refractivity contribution in [1.82, 2.24) is 10.3 Å². The summed E-state index contributed by atoms with van der Waals surface area (Å²) in [6, 6.07) is 7.71. The molecule has 0 bridgehead atoms. The van der Waals surface area contributed by atoms with Crippen LogP contribution >= 0.6 is 0 Å². The van der Waals surface area contributed by atoms with Crippen LogP contribution in [0.1, 0.15) is 42.4 Å². The first-order valence-corrected chi connectivity index (χ1v) is 8.71. The molecule has 140 valence electrons. The molecule has 6 nitrogen and oxygen atoms in total. The third kappa shape index (κ3) is 4.79. The number of fused-ring (bicyclic) bond motifs is 1. The van der Waals surface area contributed by atoms with Gasteiger partial charge in [-0.1, -0.05) is 18.2 Å². The summed E-state index contributed by atoms with van der Waals surface area (Å²) in [7, 11) is 3.28. The highest BCUT2D eigenvalue weighted by Crippen LogP contribution is 2.23. The van der Waals surface area contributed by atoms with Gasteiger partial charge < -0.3 is 15.0 Å². The molecule has 0 saturated carbocycles. The second-order valence-electron chi connectivity index (χ2n) is 7.68. The van der Waals surface area contributed by atoms with E-state index in [1.54, 1.807) is 0 Å². The molecule has 0 radical (unpaired) electrons. The van der Waals surface area contributed by atoms with Gasteiger partial charge in [0.1, 0.15) is 12.2 Å². The molecule has 0 saturated heterocycles. The Morgan fingerprint density at radius 3 is 2.50 bits per heavy atom. The van der Waals surface area contributed by atoms with E-state index in [0.717, 1.165) is 21.4 Å². The average Bonchev–Trinajstić information content (AvgIpc) is 2.52. The van der Waals surface area contributed by atoms with Crippen LogP contribution in [-0.4, -0.2) is 43.1 Å². The van der Waals surface area contributed by atoms with E-state index in [1.165, 1.54) is 7.11 Å². The van der Waals surface area contributed by atoms with E-state index < -0.39 is 5.97 Å². The topological polar surface area (TPSA) is 72.7 Å². The van der Waals surface area contributed by atoms with E-state index in [9.17, 15) is 9.59 Å². The van der Waals surface area contributed by atoms with Crippen LogP contribution in [0, 0.1) is 6.92 Å². The average molecular weight is 358 g/mol. The first kappa shape index (κ1) is 19.8. The summed E-state index contributed by atoms with van der Waals surface area (Å²) in [6.45, 7) is 8.50. The fourth-order valence-electron chi connectivity index (χ4n) is 3.03. The second kappa shape index (κ2) is 7.83. The van der Waals surface area contributed by atoms with Crippen LogP contribution in [-0.2, 0) is 16.1 Å². The normalized spacial score (nSPS) is 12.7. The zero-order valence-corrected chi connectivity index (χ0v) is 16.4. The minimum absolute atomic E-state index is 0.0351. The van der Waals surface area contributed by atoms with E-state index in [-0.39, 0.29) is 11.4 Å². The number of esters is 1. The van der Waals surface area contributed by atoms with Crippen molar-refractivity contribution >= 4 is 22.8 Å². The van der Waals surface area contributed by atoms with Crippen molar-refractivity contribution in [3.05, 3.63) is 41.1 Å². The molecule has 1 heterocycles. The third-order valence-corrected chi connectivity index (χ3v) is 4.06. The van der Waals surface area contributed by atoms with Crippen LogP contribution in [0.3, 0.4) is 0 Å². The molecule has 1 unspecified atom stereocenters. The summed E-state index contributed by atoms with van der Waals surface area (Å²) in [5.74, 6) is -0.435. The Balaban J connectivity index is 2.33. The molecule has 6 heteroatoms. The summed E-state index contributed by atoms with van der Waals surface area (Å²) >= 11 is 0. The molecule has 0 spiro atoms. The Labute approximate surface area is 154 Å². The standard InChI is InChI=1S/C20H27N3O3/c1-13-14-9-7-8-10-15(14)21-16(18(13)19(25)26-6)11-23(5)12-17(24)22-20(2,3)4/h7-10H,11-12H2,1-6H3,(H,22,24)/p+1. The monoisotopic (exact) mass is 358 g/mol. The van der Waals surface area contributed by atoms with E-state index in [0.29, 0.717) is 24.3 Å². The molecule has 0 aliphatic heterocycles. The van der Waals surface area contributed by atoms with Gasteiger partial charge in [0.2, 0.25) is 0 Å². The Morgan fingerprint density at radius 2 is 1.88 bits per heavy atom. The van der Waals surface area contributed by atoms with Crippen LogP contribution in [0.15, 0.2) is 24.3 Å². The summed E-state index contributed by atoms with van der Waals surface area (Å²) in [6.07, 6.45) is 0. The molecule has 1 aromatic carbocycles. The molecule has 2 aromatic rings. The van der Waals surface area contributed by atoms with Gasteiger partial charge in [-0.15, -0.1) is 0 Å². The van der Waals surface area contributed by atoms with Gasteiger partial charge in [0.15, 0.2) is 6.54 Å². The Bertz CT molecular complexity index is 825. The molecule has 1 aromatic heterocycles. The molecular weight excluding hydrogens is 330 g/mol. The number of ether oxygens (including phenoxy) is 1. The molecule has 0 aliphatic rings. The van der Waals surface area contributed by atoms with E-state index in [2.05, 4.69) is 10.3 Å². The zero-order chi connectivity index (χ0) is 19.5. The van der Waals surface area contributed by atoms with Gasteiger partial charge in [0, 0.05) is 10.9 Å². The summed E-state index contributed by atoms with van der Waals surface area (Å²) < 4.78 is 4.97. The number of carbonyl (C=O) groups excluding carboxylic acids is 2. The number of aromatic nitrogens is 1. The number of rotatable bonds is 5. The van der Waals surface area contributed by atoms with Crippen molar-refractivity contribution in [2.75, 3.05) is 20.7 Å². The summed E-state index contributed by atoms with van der Waals surface area (Å²) in [5.41, 5.74) is 2.55. The fraction of sp³-hybridized carbons (Fsp3) is 0.450. The highest BCUT2D eigenvalue weighted by atomic mass is 16.5. The van der Waals surface area contributed by atoms with Gasteiger partial charge in [-0.25, -0.2) is 9.78 Å². The maximum absolute atomic E-state index is 12.3. The van der Waals surface area contributed by atoms with Crippen LogP contribution in [0.4, 0.5) is 0 Å². The van der Waals surface area contributed by atoms with E-state index in [1.807, 2.05) is 59.0 Å². The van der Waals surface area contributed by atoms with E-state index in [4.69, 9.17) is 4.74 Å². The summed E-state index contributed by atoms with van der Waals surface area (Å²) in [5, 5.41) is 3.88. The van der Waals surface area contributed by atoms with Gasteiger partial charge in [0.05, 0.1) is 25.2 Å². The number of hydrogen-bond acceptors (Lipinski definition) is 4. The highest BCUT2D eigenvalue weighted by Gasteiger charge is 2.23. The number of nitrogens with zero attached hydrogens (tertiary/aromatic N) is 1. The van der Waals surface area contributed by atoms with Gasteiger partial charge >= 0.3 is 5.97 Å².